The zero-order valence-corrected chi connectivity index (χ0v) is 10.5. The van der Waals surface area contributed by atoms with Gasteiger partial charge in [-0.25, -0.2) is 0 Å². The quantitative estimate of drug-likeness (QED) is 0.734. The number of hydrogen-bond donors (Lipinski definition) is 1. The Balaban J connectivity index is 2.28. The first-order valence-electron chi connectivity index (χ1n) is 5.61. The molecule has 84 valence electrons. The van der Waals surface area contributed by atoms with Gasteiger partial charge in [0, 0.05) is 12.1 Å². The average Bonchev–Trinajstić information content (AvgIpc) is 2.13. The van der Waals surface area contributed by atoms with Crippen molar-refractivity contribution < 1.29 is 0 Å². The summed E-state index contributed by atoms with van der Waals surface area (Å²) in [4.78, 5) is 2.54. The maximum Gasteiger partial charge on any atom is 0.0135 e. The number of nitrogens with zero attached hydrogens (tertiary/aromatic N) is 1. The minimum absolute atomic E-state index is 0.710. The molecule has 1 saturated carbocycles. The van der Waals surface area contributed by atoms with Gasteiger partial charge in [0.25, 0.3) is 0 Å². The molecule has 0 aromatic carbocycles. The summed E-state index contributed by atoms with van der Waals surface area (Å²) in [5.41, 5.74) is 5.73. The van der Waals surface area contributed by atoms with Crippen LogP contribution in [0.2, 0.25) is 0 Å². The summed E-state index contributed by atoms with van der Waals surface area (Å²) in [6.07, 6.45) is 6.16. The van der Waals surface area contributed by atoms with E-state index in [4.69, 9.17) is 5.73 Å². The molecule has 0 spiro atoms. The molecule has 0 saturated heterocycles. The largest absolute Gasteiger partial charge is 0.330 e. The van der Waals surface area contributed by atoms with Crippen LogP contribution >= 0.6 is 11.8 Å². The Bertz CT molecular complexity index is 161. The third-order valence-electron chi connectivity index (χ3n) is 3.64. The van der Waals surface area contributed by atoms with E-state index in [0.29, 0.717) is 6.04 Å². The van der Waals surface area contributed by atoms with Gasteiger partial charge in [-0.05, 0) is 57.7 Å². The number of nitrogens with two attached hydrogens (primary N) is 1. The second-order valence-electron chi connectivity index (χ2n) is 4.44. The fourth-order valence-electron chi connectivity index (χ4n) is 2.18. The van der Waals surface area contributed by atoms with E-state index >= 15 is 0 Å². The molecule has 0 aromatic heterocycles. The van der Waals surface area contributed by atoms with E-state index in [1.165, 1.54) is 25.0 Å². The van der Waals surface area contributed by atoms with Gasteiger partial charge in [-0.3, -0.25) is 0 Å². The van der Waals surface area contributed by atoms with Gasteiger partial charge in [0.1, 0.15) is 0 Å². The van der Waals surface area contributed by atoms with E-state index in [1.807, 2.05) is 11.8 Å². The van der Waals surface area contributed by atoms with E-state index in [1.54, 1.807) is 0 Å². The van der Waals surface area contributed by atoms with Crippen molar-refractivity contribution in [1.29, 1.82) is 0 Å². The number of hydrogen-bond acceptors (Lipinski definition) is 3. The molecule has 1 aliphatic rings. The number of thioether (sulfide) groups is 1. The Kier molecular flexibility index (Phi) is 5.28. The summed E-state index contributed by atoms with van der Waals surface area (Å²) in [6.45, 7) is 3.20. The summed E-state index contributed by atoms with van der Waals surface area (Å²) >= 11 is 1.94. The smallest absolute Gasteiger partial charge is 0.0135 e. The Morgan fingerprint density at radius 2 is 2.21 bits per heavy atom. The molecule has 0 heterocycles. The third kappa shape index (κ3) is 2.88. The van der Waals surface area contributed by atoms with Crippen LogP contribution in [-0.2, 0) is 0 Å². The molecule has 2 N–H and O–H groups in total. The van der Waals surface area contributed by atoms with Crippen LogP contribution in [0.25, 0.3) is 0 Å². The van der Waals surface area contributed by atoms with Crippen molar-refractivity contribution in [3.8, 4) is 0 Å². The average molecular weight is 216 g/mol. The van der Waals surface area contributed by atoms with Gasteiger partial charge in [-0.1, -0.05) is 0 Å². The summed E-state index contributed by atoms with van der Waals surface area (Å²) in [5, 5.41) is 0. The summed E-state index contributed by atoms with van der Waals surface area (Å²) in [6, 6.07) is 1.47. The molecule has 3 unspecified atom stereocenters. The molecule has 0 aliphatic heterocycles. The van der Waals surface area contributed by atoms with Crippen molar-refractivity contribution in [3.05, 3.63) is 0 Å². The summed E-state index contributed by atoms with van der Waals surface area (Å²) < 4.78 is 0. The highest BCUT2D eigenvalue weighted by Crippen LogP contribution is 2.32. The molecule has 2 nitrogen and oxygen atoms in total. The standard InChI is InChI=1S/C11H24N2S/c1-9(6-7-14-3)13(2)11-5-4-10(11)8-12/h9-11H,4-8,12H2,1-3H3. The lowest BCUT2D eigenvalue weighted by molar-refractivity contribution is 0.0590. The van der Waals surface area contributed by atoms with Crippen LogP contribution in [0.15, 0.2) is 0 Å². The minimum atomic E-state index is 0.710. The molecule has 14 heavy (non-hydrogen) atoms. The van der Waals surface area contributed by atoms with Gasteiger partial charge in [0.2, 0.25) is 0 Å². The van der Waals surface area contributed by atoms with Gasteiger partial charge >= 0.3 is 0 Å². The topological polar surface area (TPSA) is 29.3 Å². The van der Waals surface area contributed by atoms with Crippen molar-refractivity contribution in [2.24, 2.45) is 11.7 Å². The van der Waals surface area contributed by atoms with Crippen LogP contribution < -0.4 is 5.73 Å². The molecule has 1 rings (SSSR count). The molecule has 0 radical (unpaired) electrons. The Morgan fingerprint density at radius 3 is 2.64 bits per heavy atom. The van der Waals surface area contributed by atoms with Crippen LogP contribution in [-0.4, -0.2) is 42.6 Å². The summed E-state index contributed by atoms with van der Waals surface area (Å²) in [5.74, 6) is 2.03. The molecule has 3 heteroatoms. The Labute approximate surface area is 92.6 Å². The highest BCUT2D eigenvalue weighted by Gasteiger charge is 2.34. The predicted octanol–water partition coefficient (Wildman–Crippen LogP) is 1.80. The fourth-order valence-corrected chi connectivity index (χ4v) is 2.76. The van der Waals surface area contributed by atoms with Gasteiger partial charge in [0.15, 0.2) is 0 Å². The molecule has 0 aromatic rings. The second kappa shape index (κ2) is 5.99. The lowest BCUT2D eigenvalue weighted by Gasteiger charge is -2.45. The van der Waals surface area contributed by atoms with Crippen LogP contribution in [0.3, 0.4) is 0 Å². The molecule has 3 atom stereocenters. The van der Waals surface area contributed by atoms with Crippen molar-refractivity contribution in [1.82, 2.24) is 4.90 Å². The van der Waals surface area contributed by atoms with Gasteiger partial charge in [-0.2, -0.15) is 11.8 Å². The van der Waals surface area contributed by atoms with E-state index in [-0.39, 0.29) is 0 Å². The van der Waals surface area contributed by atoms with Gasteiger partial charge < -0.3 is 10.6 Å². The first-order chi connectivity index (χ1) is 6.70. The lowest BCUT2D eigenvalue weighted by atomic mass is 9.78. The third-order valence-corrected chi connectivity index (χ3v) is 4.28. The van der Waals surface area contributed by atoms with E-state index in [0.717, 1.165) is 18.5 Å². The maximum absolute atomic E-state index is 5.73. The lowest BCUT2D eigenvalue weighted by Crippen LogP contribution is -2.51. The molecule has 1 aliphatic carbocycles. The van der Waals surface area contributed by atoms with E-state index in [9.17, 15) is 0 Å². The summed E-state index contributed by atoms with van der Waals surface area (Å²) in [7, 11) is 2.26. The first-order valence-corrected chi connectivity index (χ1v) is 7.01. The van der Waals surface area contributed by atoms with Crippen molar-refractivity contribution in [2.75, 3.05) is 25.6 Å². The van der Waals surface area contributed by atoms with Crippen LogP contribution in [0.1, 0.15) is 26.2 Å². The minimum Gasteiger partial charge on any atom is -0.330 e. The Morgan fingerprint density at radius 1 is 1.50 bits per heavy atom. The fraction of sp³-hybridized carbons (Fsp3) is 1.00. The first kappa shape index (κ1) is 12.3. The molecule has 0 bridgehead atoms. The van der Waals surface area contributed by atoms with E-state index < -0.39 is 0 Å². The van der Waals surface area contributed by atoms with Gasteiger partial charge in [-0.15, -0.1) is 0 Å². The second-order valence-corrected chi connectivity index (χ2v) is 5.42. The number of rotatable bonds is 6. The van der Waals surface area contributed by atoms with E-state index in [2.05, 4.69) is 25.1 Å². The Hall–Kier alpha value is 0.270. The van der Waals surface area contributed by atoms with Crippen molar-refractivity contribution >= 4 is 11.8 Å². The van der Waals surface area contributed by atoms with Gasteiger partial charge in [0.05, 0.1) is 0 Å². The monoisotopic (exact) mass is 216 g/mol. The normalized spacial score (nSPS) is 28.9. The van der Waals surface area contributed by atoms with Crippen molar-refractivity contribution in [3.63, 3.8) is 0 Å². The SMILES string of the molecule is CSCCC(C)N(C)C1CCC1CN. The zero-order valence-electron chi connectivity index (χ0n) is 9.70. The van der Waals surface area contributed by atoms with Crippen LogP contribution in [0, 0.1) is 5.92 Å². The molecule has 1 fully saturated rings. The predicted molar refractivity (Wildman–Crippen MR) is 65.8 cm³/mol. The molecular weight excluding hydrogens is 192 g/mol. The van der Waals surface area contributed by atoms with Crippen LogP contribution in [0.5, 0.6) is 0 Å². The highest BCUT2D eigenvalue weighted by molar-refractivity contribution is 7.98. The zero-order chi connectivity index (χ0) is 10.6. The highest BCUT2D eigenvalue weighted by atomic mass is 32.2. The van der Waals surface area contributed by atoms with Crippen molar-refractivity contribution in [2.45, 2.75) is 38.3 Å². The van der Waals surface area contributed by atoms with Crippen LogP contribution in [0.4, 0.5) is 0 Å². The maximum atomic E-state index is 5.73. The molecular formula is C11H24N2S. The molecule has 0 amide bonds.